The van der Waals surface area contributed by atoms with Crippen LogP contribution in [0.1, 0.15) is 32.1 Å². The monoisotopic (exact) mass is 404 g/mol. The average molecular weight is 405 g/mol. The molecule has 2 aromatic rings. The Morgan fingerprint density at radius 3 is 2.48 bits per heavy atom. The first-order chi connectivity index (χ1) is 13.1. The molecule has 3 rings (SSSR count). The fourth-order valence-electron chi connectivity index (χ4n) is 3.47. The summed E-state index contributed by atoms with van der Waals surface area (Å²) < 4.78 is 0. The van der Waals surface area contributed by atoms with E-state index in [4.69, 9.17) is 11.6 Å². The summed E-state index contributed by atoms with van der Waals surface area (Å²) in [6.45, 7) is 0.931. The summed E-state index contributed by atoms with van der Waals surface area (Å²) in [7, 11) is 0. The maximum atomic E-state index is 12.1. The zero-order chi connectivity index (χ0) is 19.1. The number of hydrogen-bond acceptors (Lipinski definition) is 3. The number of halogens is 1. The van der Waals surface area contributed by atoms with Gasteiger partial charge in [0.05, 0.1) is 5.75 Å². The van der Waals surface area contributed by atoms with E-state index in [-0.39, 0.29) is 17.7 Å². The summed E-state index contributed by atoms with van der Waals surface area (Å²) in [6.07, 6.45) is 5.50. The molecular weight excluding hydrogens is 380 g/mol. The van der Waals surface area contributed by atoms with Gasteiger partial charge in [-0.15, -0.1) is 11.8 Å². The maximum Gasteiger partial charge on any atom is 0.230 e. The lowest BCUT2D eigenvalue weighted by molar-refractivity contribution is -0.126. The van der Waals surface area contributed by atoms with Gasteiger partial charge in [0.1, 0.15) is 0 Å². The predicted octanol–water partition coefficient (Wildman–Crippen LogP) is 4.40. The number of carbonyl (C=O) groups excluding carboxylic acids is 2. The number of rotatable bonds is 7. The number of thioether (sulfide) groups is 1. The van der Waals surface area contributed by atoms with Crippen molar-refractivity contribution in [3.8, 4) is 0 Å². The summed E-state index contributed by atoms with van der Waals surface area (Å²) >= 11 is 7.79. The van der Waals surface area contributed by atoms with Crippen molar-refractivity contribution in [2.24, 2.45) is 5.92 Å². The largest absolute Gasteiger partial charge is 0.354 e. The molecule has 1 aliphatic rings. The third-order valence-electron chi connectivity index (χ3n) is 4.90. The van der Waals surface area contributed by atoms with Crippen molar-refractivity contribution in [3.05, 3.63) is 41.4 Å². The van der Waals surface area contributed by atoms with Crippen LogP contribution in [0.5, 0.6) is 0 Å². The van der Waals surface area contributed by atoms with E-state index in [2.05, 4.69) is 10.6 Å². The Balaban J connectivity index is 1.41. The van der Waals surface area contributed by atoms with Crippen LogP contribution in [0.3, 0.4) is 0 Å². The zero-order valence-corrected chi connectivity index (χ0v) is 16.9. The van der Waals surface area contributed by atoms with Crippen molar-refractivity contribution in [2.45, 2.75) is 37.0 Å². The molecule has 1 fully saturated rings. The summed E-state index contributed by atoms with van der Waals surface area (Å²) in [5.41, 5.74) is 0. The van der Waals surface area contributed by atoms with E-state index in [1.807, 2.05) is 36.4 Å². The third-order valence-corrected chi connectivity index (χ3v) is 6.27. The zero-order valence-electron chi connectivity index (χ0n) is 15.3. The fraction of sp³-hybridized carbons (Fsp3) is 0.429. The summed E-state index contributed by atoms with van der Waals surface area (Å²) in [5.74, 6) is 0.557. The molecule has 2 amide bonds. The van der Waals surface area contributed by atoms with Crippen molar-refractivity contribution >= 4 is 45.9 Å². The normalized spacial score (nSPS) is 14.9. The Bertz CT molecular complexity index is 801. The lowest BCUT2D eigenvalue weighted by atomic mass is 9.89. The number of carbonyl (C=O) groups is 2. The van der Waals surface area contributed by atoms with Crippen LogP contribution in [0, 0.1) is 5.92 Å². The van der Waals surface area contributed by atoms with Gasteiger partial charge in [0.25, 0.3) is 0 Å². The molecule has 0 heterocycles. The van der Waals surface area contributed by atoms with Crippen molar-refractivity contribution in [1.82, 2.24) is 10.6 Å². The SMILES string of the molecule is O=C(CSc1cccc2cccc(Cl)c12)NCCNC(=O)C1CCCCC1. The van der Waals surface area contributed by atoms with Gasteiger partial charge in [-0.05, 0) is 30.4 Å². The molecule has 2 N–H and O–H groups in total. The highest BCUT2D eigenvalue weighted by molar-refractivity contribution is 8.00. The van der Waals surface area contributed by atoms with Crippen LogP contribution in [0.4, 0.5) is 0 Å². The Kier molecular flexibility index (Phi) is 7.41. The van der Waals surface area contributed by atoms with Crippen LogP contribution in [0.2, 0.25) is 5.02 Å². The van der Waals surface area contributed by atoms with E-state index in [1.54, 1.807) is 0 Å². The number of benzene rings is 2. The molecule has 0 spiro atoms. The Labute approximate surface area is 169 Å². The molecule has 6 heteroatoms. The van der Waals surface area contributed by atoms with Gasteiger partial charge in [-0.2, -0.15) is 0 Å². The van der Waals surface area contributed by atoms with E-state index in [0.29, 0.717) is 23.9 Å². The van der Waals surface area contributed by atoms with Crippen molar-refractivity contribution in [2.75, 3.05) is 18.8 Å². The Morgan fingerprint density at radius 2 is 1.70 bits per heavy atom. The van der Waals surface area contributed by atoms with Crippen LogP contribution in [0.25, 0.3) is 10.8 Å². The van der Waals surface area contributed by atoms with E-state index < -0.39 is 0 Å². The maximum absolute atomic E-state index is 12.1. The van der Waals surface area contributed by atoms with Crippen LogP contribution in [0.15, 0.2) is 41.3 Å². The van der Waals surface area contributed by atoms with Gasteiger partial charge >= 0.3 is 0 Å². The van der Waals surface area contributed by atoms with E-state index in [0.717, 1.165) is 41.4 Å². The van der Waals surface area contributed by atoms with Crippen molar-refractivity contribution in [3.63, 3.8) is 0 Å². The first-order valence-corrected chi connectivity index (χ1v) is 10.9. The van der Waals surface area contributed by atoms with Gasteiger partial charge in [0, 0.05) is 34.3 Å². The fourth-order valence-corrected chi connectivity index (χ4v) is 4.75. The molecule has 27 heavy (non-hydrogen) atoms. The molecule has 0 unspecified atom stereocenters. The smallest absolute Gasteiger partial charge is 0.230 e. The molecule has 0 aliphatic heterocycles. The minimum Gasteiger partial charge on any atom is -0.354 e. The number of fused-ring (bicyclic) bond motifs is 1. The topological polar surface area (TPSA) is 58.2 Å². The molecule has 2 aromatic carbocycles. The molecule has 0 bridgehead atoms. The second kappa shape index (κ2) is 10.00. The summed E-state index contributed by atoms with van der Waals surface area (Å²) in [6, 6.07) is 11.8. The molecular formula is C21H25ClN2O2S. The van der Waals surface area contributed by atoms with Crippen LogP contribution in [-0.4, -0.2) is 30.7 Å². The number of amides is 2. The third kappa shape index (κ3) is 5.63. The molecule has 144 valence electrons. The minimum atomic E-state index is -0.0454. The number of hydrogen-bond donors (Lipinski definition) is 2. The lowest BCUT2D eigenvalue weighted by Crippen LogP contribution is -2.38. The summed E-state index contributed by atoms with van der Waals surface area (Å²) in [5, 5.41) is 8.55. The standard InChI is InChI=1S/C21H25ClN2O2S/c22-17-10-4-8-15-9-5-11-18(20(15)17)27-14-19(25)23-12-13-24-21(26)16-6-2-1-3-7-16/h4-5,8-11,16H,1-3,6-7,12-14H2,(H,23,25)(H,24,26). The average Bonchev–Trinajstić information content (AvgIpc) is 2.70. The molecule has 4 nitrogen and oxygen atoms in total. The van der Waals surface area contributed by atoms with Crippen LogP contribution < -0.4 is 10.6 Å². The van der Waals surface area contributed by atoms with Crippen LogP contribution >= 0.6 is 23.4 Å². The van der Waals surface area contributed by atoms with Gasteiger partial charge in [-0.25, -0.2) is 0 Å². The van der Waals surface area contributed by atoms with Gasteiger partial charge in [-0.3, -0.25) is 9.59 Å². The molecule has 0 saturated heterocycles. The molecule has 0 aromatic heterocycles. The second-order valence-electron chi connectivity index (χ2n) is 6.86. The Hall–Kier alpha value is -1.72. The second-order valence-corrected chi connectivity index (χ2v) is 8.28. The van der Waals surface area contributed by atoms with Gasteiger partial charge in [-0.1, -0.05) is 55.1 Å². The summed E-state index contributed by atoms with van der Waals surface area (Å²) in [4.78, 5) is 25.2. The molecule has 1 saturated carbocycles. The van der Waals surface area contributed by atoms with Gasteiger partial charge in [0.2, 0.25) is 11.8 Å². The molecule has 0 atom stereocenters. The lowest BCUT2D eigenvalue weighted by Gasteiger charge is -2.20. The highest BCUT2D eigenvalue weighted by Crippen LogP contribution is 2.33. The van der Waals surface area contributed by atoms with E-state index in [9.17, 15) is 9.59 Å². The molecule has 0 radical (unpaired) electrons. The van der Waals surface area contributed by atoms with E-state index in [1.165, 1.54) is 18.2 Å². The Morgan fingerprint density at radius 1 is 1.00 bits per heavy atom. The predicted molar refractivity (Wildman–Crippen MR) is 112 cm³/mol. The highest BCUT2D eigenvalue weighted by atomic mass is 35.5. The van der Waals surface area contributed by atoms with Crippen molar-refractivity contribution < 1.29 is 9.59 Å². The highest BCUT2D eigenvalue weighted by Gasteiger charge is 2.20. The van der Waals surface area contributed by atoms with Gasteiger partial charge < -0.3 is 10.6 Å². The first kappa shape index (κ1) is 20.0. The molecule has 1 aliphatic carbocycles. The van der Waals surface area contributed by atoms with E-state index >= 15 is 0 Å². The van der Waals surface area contributed by atoms with Crippen LogP contribution in [-0.2, 0) is 9.59 Å². The minimum absolute atomic E-state index is 0.0454. The van der Waals surface area contributed by atoms with Gasteiger partial charge in [0.15, 0.2) is 0 Å². The van der Waals surface area contributed by atoms with Crippen molar-refractivity contribution in [1.29, 1.82) is 0 Å². The quantitative estimate of drug-likeness (QED) is 0.531. The first-order valence-electron chi connectivity index (χ1n) is 9.49. The number of nitrogens with one attached hydrogen (secondary N) is 2.